The van der Waals surface area contributed by atoms with Gasteiger partial charge in [-0.05, 0) is 0 Å². The van der Waals surface area contributed by atoms with Crippen LogP contribution < -0.4 is 5.32 Å². The van der Waals surface area contributed by atoms with Crippen molar-refractivity contribution in [3.63, 3.8) is 0 Å². The first-order chi connectivity index (χ1) is 6.92. The summed E-state index contributed by atoms with van der Waals surface area (Å²) in [5.41, 5.74) is -0.00725. The van der Waals surface area contributed by atoms with Crippen molar-refractivity contribution in [3.05, 3.63) is 11.1 Å². The molecule has 15 heavy (non-hydrogen) atoms. The molecule has 1 aromatic heterocycles. The molecule has 4 nitrogen and oxygen atoms in total. The van der Waals surface area contributed by atoms with Crippen molar-refractivity contribution in [1.29, 1.82) is 0 Å². The van der Waals surface area contributed by atoms with Crippen LogP contribution in [0.4, 0.5) is 18.3 Å². The molecule has 1 rings (SSSR count). The molecule has 0 aromatic carbocycles. The van der Waals surface area contributed by atoms with Gasteiger partial charge >= 0.3 is 12.1 Å². The average molecular weight is 240 g/mol. The highest BCUT2D eigenvalue weighted by Gasteiger charge is 2.27. The molecule has 0 fully saturated rings. The number of esters is 1. The third-order valence-corrected chi connectivity index (χ3v) is 2.14. The highest BCUT2D eigenvalue weighted by molar-refractivity contribution is 7.13. The highest BCUT2D eigenvalue weighted by atomic mass is 32.1. The van der Waals surface area contributed by atoms with E-state index in [-0.39, 0.29) is 10.8 Å². The number of thiazole rings is 1. The number of carbonyl (C=O) groups is 1. The summed E-state index contributed by atoms with van der Waals surface area (Å²) in [6.45, 7) is -1.18. The van der Waals surface area contributed by atoms with Crippen molar-refractivity contribution in [2.45, 2.75) is 6.18 Å². The van der Waals surface area contributed by atoms with E-state index in [1.54, 1.807) is 0 Å². The molecule has 1 N–H and O–H groups in total. The first-order valence-corrected chi connectivity index (χ1v) is 4.65. The summed E-state index contributed by atoms with van der Waals surface area (Å²) in [4.78, 5) is 14.5. The van der Waals surface area contributed by atoms with Crippen LogP contribution in [0.5, 0.6) is 0 Å². The van der Waals surface area contributed by atoms with Crippen LogP contribution in [0.25, 0.3) is 0 Å². The molecule has 0 unspecified atom stereocenters. The van der Waals surface area contributed by atoms with Crippen LogP contribution in [0.2, 0.25) is 0 Å². The first kappa shape index (κ1) is 11.8. The van der Waals surface area contributed by atoms with Gasteiger partial charge in [0.25, 0.3) is 0 Å². The van der Waals surface area contributed by atoms with Crippen LogP contribution in [0.3, 0.4) is 0 Å². The standard InChI is InChI=1S/C7H7F3N2O2S/c1-14-5(13)4-2-15-6(12-4)11-3-7(8,9)10/h2H,3H2,1H3,(H,11,12). The van der Waals surface area contributed by atoms with Crippen molar-refractivity contribution in [2.24, 2.45) is 0 Å². The molecule has 0 aliphatic carbocycles. The molecule has 0 atom stereocenters. The Kier molecular flexibility index (Phi) is 3.51. The number of rotatable bonds is 3. The van der Waals surface area contributed by atoms with Gasteiger partial charge in [0, 0.05) is 5.38 Å². The normalized spacial score (nSPS) is 11.2. The van der Waals surface area contributed by atoms with E-state index in [1.807, 2.05) is 0 Å². The number of ether oxygens (including phenoxy) is 1. The molecule has 0 radical (unpaired) electrons. The molecule has 0 saturated heterocycles. The van der Waals surface area contributed by atoms with Gasteiger partial charge in [-0.2, -0.15) is 13.2 Å². The minimum Gasteiger partial charge on any atom is -0.464 e. The Hall–Kier alpha value is -1.31. The highest BCUT2D eigenvalue weighted by Crippen LogP contribution is 2.19. The van der Waals surface area contributed by atoms with E-state index in [9.17, 15) is 18.0 Å². The maximum atomic E-state index is 11.8. The van der Waals surface area contributed by atoms with Crippen molar-refractivity contribution in [2.75, 3.05) is 19.0 Å². The maximum Gasteiger partial charge on any atom is 0.405 e. The quantitative estimate of drug-likeness (QED) is 0.820. The summed E-state index contributed by atoms with van der Waals surface area (Å²) in [7, 11) is 1.17. The van der Waals surface area contributed by atoms with E-state index in [2.05, 4.69) is 15.0 Å². The van der Waals surface area contributed by atoms with Gasteiger partial charge < -0.3 is 10.1 Å². The number of hydrogen-bond donors (Lipinski definition) is 1. The number of halogens is 3. The molecule has 0 amide bonds. The number of methoxy groups -OCH3 is 1. The van der Waals surface area contributed by atoms with Crippen LogP contribution >= 0.6 is 11.3 Å². The van der Waals surface area contributed by atoms with Crippen LogP contribution in [0, 0.1) is 0 Å². The van der Waals surface area contributed by atoms with Gasteiger partial charge in [0.1, 0.15) is 6.54 Å². The number of alkyl halides is 3. The van der Waals surface area contributed by atoms with Gasteiger partial charge in [0.15, 0.2) is 10.8 Å². The molecular formula is C7H7F3N2O2S. The van der Waals surface area contributed by atoms with Crippen LogP contribution in [0.1, 0.15) is 10.5 Å². The van der Waals surface area contributed by atoms with Crippen LogP contribution in [-0.4, -0.2) is 30.8 Å². The van der Waals surface area contributed by atoms with E-state index >= 15 is 0 Å². The van der Waals surface area contributed by atoms with Crippen molar-refractivity contribution in [3.8, 4) is 0 Å². The fourth-order valence-corrected chi connectivity index (χ4v) is 1.41. The Morgan fingerprint density at radius 2 is 2.33 bits per heavy atom. The first-order valence-electron chi connectivity index (χ1n) is 3.77. The summed E-state index contributed by atoms with van der Waals surface area (Å²) in [5.74, 6) is -0.675. The van der Waals surface area contributed by atoms with Gasteiger partial charge in [0.2, 0.25) is 0 Å². The number of carbonyl (C=O) groups excluding carboxylic acids is 1. The summed E-state index contributed by atoms with van der Waals surface area (Å²) in [6, 6.07) is 0. The number of aromatic nitrogens is 1. The number of hydrogen-bond acceptors (Lipinski definition) is 5. The third-order valence-electron chi connectivity index (χ3n) is 1.34. The molecule has 0 spiro atoms. The lowest BCUT2D eigenvalue weighted by Crippen LogP contribution is -2.21. The molecular weight excluding hydrogens is 233 g/mol. The van der Waals surface area contributed by atoms with E-state index in [4.69, 9.17) is 0 Å². The summed E-state index contributed by atoms with van der Waals surface area (Å²) in [5, 5.41) is 3.42. The second-order valence-electron chi connectivity index (χ2n) is 2.50. The van der Waals surface area contributed by atoms with Crippen molar-refractivity contribution in [1.82, 2.24) is 4.98 Å². The predicted molar refractivity (Wildman–Crippen MR) is 48.0 cm³/mol. The van der Waals surface area contributed by atoms with Crippen molar-refractivity contribution < 1.29 is 22.7 Å². The van der Waals surface area contributed by atoms with E-state index < -0.39 is 18.7 Å². The monoisotopic (exact) mass is 240 g/mol. The van der Waals surface area contributed by atoms with Crippen molar-refractivity contribution >= 4 is 22.4 Å². The lowest BCUT2D eigenvalue weighted by atomic mass is 10.5. The Bertz CT molecular complexity index is 350. The van der Waals surface area contributed by atoms with E-state index in [0.717, 1.165) is 11.3 Å². The zero-order chi connectivity index (χ0) is 11.5. The Labute approximate surface area is 87.1 Å². The van der Waals surface area contributed by atoms with Gasteiger partial charge in [-0.1, -0.05) is 0 Å². The molecule has 0 bridgehead atoms. The van der Waals surface area contributed by atoms with Gasteiger partial charge in [0.05, 0.1) is 7.11 Å². The smallest absolute Gasteiger partial charge is 0.405 e. The van der Waals surface area contributed by atoms with Crippen LogP contribution in [-0.2, 0) is 4.74 Å². The zero-order valence-corrected chi connectivity index (χ0v) is 8.41. The van der Waals surface area contributed by atoms with Gasteiger partial charge in [-0.25, -0.2) is 9.78 Å². The van der Waals surface area contributed by atoms with Gasteiger partial charge in [-0.15, -0.1) is 11.3 Å². The number of nitrogens with zero attached hydrogens (tertiary/aromatic N) is 1. The fraction of sp³-hybridized carbons (Fsp3) is 0.429. The maximum absolute atomic E-state index is 11.8. The molecule has 0 saturated carbocycles. The number of anilines is 1. The SMILES string of the molecule is COC(=O)c1csc(NCC(F)(F)F)n1. The Morgan fingerprint density at radius 3 is 2.87 bits per heavy atom. The average Bonchev–Trinajstić information content (AvgIpc) is 2.61. The topological polar surface area (TPSA) is 51.2 Å². The second kappa shape index (κ2) is 4.47. The summed E-state index contributed by atoms with van der Waals surface area (Å²) >= 11 is 0.911. The van der Waals surface area contributed by atoms with Gasteiger partial charge in [-0.3, -0.25) is 0 Å². The Balaban J connectivity index is 2.57. The molecule has 1 heterocycles. The Morgan fingerprint density at radius 1 is 1.67 bits per heavy atom. The van der Waals surface area contributed by atoms with Crippen LogP contribution in [0.15, 0.2) is 5.38 Å². The third kappa shape index (κ3) is 3.74. The summed E-state index contributed by atoms with van der Waals surface area (Å²) in [6.07, 6.45) is -4.31. The molecule has 8 heteroatoms. The van der Waals surface area contributed by atoms with E-state index in [1.165, 1.54) is 12.5 Å². The zero-order valence-electron chi connectivity index (χ0n) is 7.59. The fourth-order valence-electron chi connectivity index (χ4n) is 0.729. The lowest BCUT2D eigenvalue weighted by molar-refractivity contribution is -0.115. The lowest BCUT2D eigenvalue weighted by Gasteiger charge is -2.05. The second-order valence-corrected chi connectivity index (χ2v) is 3.36. The largest absolute Gasteiger partial charge is 0.464 e. The molecule has 0 aliphatic heterocycles. The number of nitrogens with one attached hydrogen (secondary N) is 1. The predicted octanol–water partition coefficient (Wildman–Crippen LogP) is 1.90. The molecule has 0 aliphatic rings. The molecule has 1 aromatic rings. The minimum absolute atomic E-state index is 0.00725. The molecule has 84 valence electrons. The summed E-state index contributed by atoms with van der Waals surface area (Å²) < 4.78 is 39.7. The van der Waals surface area contributed by atoms with E-state index in [0.29, 0.717) is 0 Å². The minimum atomic E-state index is -4.31.